The predicted molar refractivity (Wildman–Crippen MR) is 111 cm³/mol. The Balaban J connectivity index is 1.61. The van der Waals surface area contributed by atoms with Gasteiger partial charge in [-0.25, -0.2) is 4.90 Å². The zero-order valence-corrected chi connectivity index (χ0v) is 16.3. The molecule has 0 bridgehead atoms. The number of methoxy groups -OCH3 is 1. The Kier molecular flexibility index (Phi) is 5.36. The largest absolute Gasteiger partial charge is 0.496 e. The van der Waals surface area contributed by atoms with Gasteiger partial charge in [-0.2, -0.15) is 0 Å². The standard InChI is InChI=1S/C21H20N2O4S/c1-26-18-14-17(22-9-11-27-12-10-22)8-7-15(18)13-19-20(24)23(21(25)28-19)16-5-3-2-4-6-16/h2-8,13-14H,9-12H2,1H3/b19-13-. The first-order valence-corrected chi connectivity index (χ1v) is 9.83. The van der Waals surface area contributed by atoms with E-state index in [0.29, 0.717) is 29.6 Å². The summed E-state index contributed by atoms with van der Waals surface area (Å²) in [6, 6.07) is 14.8. The molecule has 2 heterocycles. The molecule has 144 valence electrons. The summed E-state index contributed by atoms with van der Waals surface area (Å²) in [5, 5.41) is -0.300. The molecule has 2 saturated heterocycles. The predicted octanol–water partition coefficient (Wildman–Crippen LogP) is 3.77. The molecule has 2 aliphatic rings. The SMILES string of the molecule is COc1cc(N2CCOCC2)ccc1/C=C1\SC(=O)N(c2ccccc2)C1=O. The summed E-state index contributed by atoms with van der Waals surface area (Å²) in [5.41, 5.74) is 2.38. The molecule has 2 amide bonds. The molecular formula is C21H20N2O4S. The fourth-order valence-corrected chi connectivity index (χ4v) is 4.08. The third-order valence-corrected chi connectivity index (χ3v) is 5.56. The lowest BCUT2D eigenvalue weighted by molar-refractivity contribution is -0.113. The van der Waals surface area contributed by atoms with Crippen molar-refractivity contribution in [3.05, 3.63) is 59.0 Å². The summed E-state index contributed by atoms with van der Waals surface area (Å²) in [6.45, 7) is 3.07. The highest BCUT2D eigenvalue weighted by Gasteiger charge is 2.36. The average molecular weight is 396 g/mol. The monoisotopic (exact) mass is 396 g/mol. The summed E-state index contributed by atoms with van der Waals surface area (Å²) >= 11 is 0.939. The van der Waals surface area contributed by atoms with Crippen LogP contribution in [-0.4, -0.2) is 44.6 Å². The van der Waals surface area contributed by atoms with Crippen molar-refractivity contribution in [1.82, 2.24) is 0 Å². The molecule has 0 saturated carbocycles. The van der Waals surface area contributed by atoms with E-state index in [-0.39, 0.29) is 11.1 Å². The van der Waals surface area contributed by atoms with Gasteiger partial charge in [0.05, 0.1) is 30.9 Å². The lowest BCUT2D eigenvalue weighted by atomic mass is 10.1. The number of hydrogen-bond donors (Lipinski definition) is 0. The first kappa shape index (κ1) is 18.6. The van der Waals surface area contributed by atoms with Crippen LogP contribution in [0.1, 0.15) is 5.56 Å². The smallest absolute Gasteiger partial charge is 0.298 e. The van der Waals surface area contributed by atoms with E-state index in [1.54, 1.807) is 37.5 Å². The van der Waals surface area contributed by atoms with Crippen LogP contribution in [0, 0.1) is 0 Å². The number of para-hydroxylation sites is 1. The van der Waals surface area contributed by atoms with E-state index >= 15 is 0 Å². The van der Waals surface area contributed by atoms with Crippen LogP contribution in [0.25, 0.3) is 6.08 Å². The van der Waals surface area contributed by atoms with Crippen LogP contribution in [0.3, 0.4) is 0 Å². The average Bonchev–Trinajstić information content (AvgIpc) is 3.02. The molecule has 7 heteroatoms. The molecule has 0 atom stereocenters. The van der Waals surface area contributed by atoms with E-state index in [0.717, 1.165) is 36.1 Å². The number of amides is 2. The highest BCUT2D eigenvalue weighted by atomic mass is 32.2. The van der Waals surface area contributed by atoms with Crippen molar-refractivity contribution in [2.75, 3.05) is 43.2 Å². The van der Waals surface area contributed by atoms with E-state index < -0.39 is 0 Å². The second-order valence-corrected chi connectivity index (χ2v) is 7.37. The Bertz CT molecular complexity index is 923. The number of nitrogens with zero attached hydrogens (tertiary/aromatic N) is 2. The first-order valence-electron chi connectivity index (χ1n) is 9.01. The number of rotatable bonds is 4. The summed E-state index contributed by atoms with van der Waals surface area (Å²) < 4.78 is 10.9. The molecule has 2 aliphatic heterocycles. The molecule has 0 unspecified atom stereocenters. The zero-order chi connectivity index (χ0) is 19.5. The van der Waals surface area contributed by atoms with Gasteiger partial charge < -0.3 is 14.4 Å². The third kappa shape index (κ3) is 3.63. The molecule has 2 aromatic rings. The van der Waals surface area contributed by atoms with Crippen molar-refractivity contribution in [2.45, 2.75) is 0 Å². The normalized spacial score (nSPS) is 18.8. The lowest BCUT2D eigenvalue weighted by Crippen LogP contribution is -2.36. The maximum Gasteiger partial charge on any atom is 0.298 e. The summed E-state index contributed by atoms with van der Waals surface area (Å²) in [4.78, 5) is 29.0. The van der Waals surface area contributed by atoms with E-state index in [4.69, 9.17) is 9.47 Å². The number of morpholine rings is 1. The fourth-order valence-electron chi connectivity index (χ4n) is 3.25. The molecule has 6 nitrogen and oxygen atoms in total. The molecule has 4 rings (SSSR count). The van der Waals surface area contributed by atoms with E-state index in [2.05, 4.69) is 4.90 Å². The topological polar surface area (TPSA) is 59.1 Å². The van der Waals surface area contributed by atoms with Gasteiger partial charge in [0.25, 0.3) is 11.1 Å². The maximum atomic E-state index is 12.8. The van der Waals surface area contributed by atoms with Crippen LogP contribution in [0.15, 0.2) is 53.4 Å². The molecule has 0 aromatic heterocycles. The Hall–Kier alpha value is -2.77. The molecular weight excluding hydrogens is 376 g/mol. The minimum atomic E-state index is -0.319. The highest BCUT2D eigenvalue weighted by molar-refractivity contribution is 8.19. The van der Waals surface area contributed by atoms with Gasteiger partial charge in [0.2, 0.25) is 0 Å². The Morgan fingerprint density at radius 1 is 1.04 bits per heavy atom. The molecule has 0 radical (unpaired) electrons. The number of thioether (sulfide) groups is 1. The number of hydrogen-bond acceptors (Lipinski definition) is 6. The van der Waals surface area contributed by atoms with Crippen LogP contribution in [0.2, 0.25) is 0 Å². The number of ether oxygens (including phenoxy) is 2. The molecule has 2 fully saturated rings. The van der Waals surface area contributed by atoms with Gasteiger partial charge in [-0.1, -0.05) is 18.2 Å². The van der Waals surface area contributed by atoms with Gasteiger partial charge in [0.15, 0.2) is 0 Å². The summed E-state index contributed by atoms with van der Waals surface area (Å²) in [6.07, 6.45) is 1.72. The van der Waals surface area contributed by atoms with Crippen molar-refractivity contribution in [3.63, 3.8) is 0 Å². The van der Waals surface area contributed by atoms with Crippen LogP contribution >= 0.6 is 11.8 Å². The van der Waals surface area contributed by atoms with Crippen LogP contribution in [0.4, 0.5) is 16.2 Å². The molecule has 28 heavy (non-hydrogen) atoms. The van der Waals surface area contributed by atoms with Crippen molar-refractivity contribution >= 4 is 40.4 Å². The summed E-state index contributed by atoms with van der Waals surface area (Å²) in [5.74, 6) is 0.344. The van der Waals surface area contributed by atoms with Crippen LogP contribution in [0.5, 0.6) is 5.75 Å². The van der Waals surface area contributed by atoms with Gasteiger partial charge >= 0.3 is 0 Å². The first-order chi connectivity index (χ1) is 13.7. The van der Waals surface area contributed by atoms with Gasteiger partial charge in [0.1, 0.15) is 5.75 Å². The van der Waals surface area contributed by atoms with Crippen LogP contribution in [-0.2, 0) is 9.53 Å². The molecule has 0 aliphatic carbocycles. The zero-order valence-electron chi connectivity index (χ0n) is 15.5. The molecule has 2 aromatic carbocycles. The fraction of sp³-hybridized carbons (Fsp3) is 0.238. The van der Waals surface area contributed by atoms with E-state index in [1.165, 1.54) is 4.90 Å². The number of carbonyl (C=O) groups is 2. The summed E-state index contributed by atoms with van der Waals surface area (Å²) in [7, 11) is 1.60. The maximum absolute atomic E-state index is 12.8. The van der Waals surface area contributed by atoms with Gasteiger partial charge in [-0.05, 0) is 42.1 Å². The van der Waals surface area contributed by atoms with Gasteiger partial charge in [-0.3, -0.25) is 9.59 Å². The van der Waals surface area contributed by atoms with Gasteiger partial charge in [-0.15, -0.1) is 0 Å². The number of anilines is 2. The van der Waals surface area contributed by atoms with Crippen molar-refractivity contribution in [1.29, 1.82) is 0 Å². The van der Waals surface area contributed by atoms with Crippen molar-refractivity contribution in [2.24, 2.45) is 0 Å². The van der Waals surface area contributed by atoms with E-state index in [1.807, 2.05) is 24.3 Å². The molecule has 0 spiro atoms. The Morgan fingerprint density at radius 3 is 2.50 bits per heavy atom. The minimum absolute atomic E-state index is 0.300. The number of benzene rings is 2. The van der Waals surface area contributed by atoms with Crippen molar-refractivity contribution < 1.29 is 19.1 Å². The third-order valence-electron chi connectivity index (χ3n) is 4.69. The number of imide groups is 1. The minimum Gasteiger partial charge on any atom is -0.496 e. The highest BCUT2D eigenvalue weighted by Crippen LogP contribution is 2.37. The number of carbonyl (C=O) groups excluding carboxylic acids is 2. The second-order valence-electron chi connectivity index (χ2n) is 6.38. The van der Waals surface area contributed by atoms with Crippen molar-refractivity contribution in [3.8, 4) is 5.75 Å². The Morgan fingerprint density at radius 2 is 1.79 bits per heavy atom. The van der Waals surface area contributed by atoms with E-state index in [9.17, 15) is 9.59 Å². The van der Waals surface area contributed by atoms with Gasteiger partial charge in [0, 0.05) is 30.4 Å². The quantitative estimate of drug-likeness (QED) is 0.733. The van der Waals surface area contributed by atoms with Crippen LogP contribution < -0.4 is 14.5 Å². The second kappa shape index (κ2) is 8.08. The molecule has 0 N–H and O–H groups in total. The lowest BCUT2D eigenvalue weighted by Gasteiger charge is -2.29. The Labute approximate surface area is 167 Å².